The predicted octanol–water partition coefficient (Wildman–Crippen LogP) is 4.28. The van der Waals surface area contributed by atoms with Crippen molar-refractivity contribution in [3.8, 4) is 5.75 Å². The van der Waals surface area contributed by atoms with Crippen molar-refractivity contribution in [2.24, 2.45) is 5.73 Å². The van der Waals surface area contributed by atoms with Gasteiger partial charge in [0.05, 0.1) is 24.1 Å². The van der Waals surface area contributed by atoms with E-state index in [9.17, 15) is 9.59 Å². The van der Waals surface area contributed by atoms with Crippen molar-refractivity contribution in [3.05, 3.63) is 65.4 Å². The molecule has 2 amide bonds. The molecule has 3 aromatic rings. The summed E-state index contributed by atoms with van der Waals surface area (Å²) in [6.07, 6.45) is 3.16. The molecule has 3 N–H and O–H groups in total. The Hall–Kier alpha value is -3.54. The molecular formula is C22H22N2O4. The van der Waals surface area contributed by atoms with Gasteiger partial charge in [0.1, 0.15) is 11.3 Å². The fraction of sp³-hybridized carbons (Fsp3) is 0.182. The van der Waals surface area contributed by atoms with Crippen molar-refractivity contribution >= 4 is 34.0 Å². The van der Waals surface area contributed by atoms with Crippen LogP contribution in [-0.2, 0) is 4.79 Å². The van der Waals surface area contributed by atoms with Gasteiger partial charge in [0.2, 0.25) is 5.91 Å². The number of para-hydroxylation sites is 1. The molecule has 0 saturated heterocycles. The normalized spacial score (nSPS) is 11.5. The number of rotatable bonds is 6. The molecule has 0 spiro atoms. The molecule has 144 valence electrons. The van der Waals surface area contributed by atoms with Crippen LogP contribution in [0.5, 0.6) is 5.75 Å². The number of nitrogens with one attached hydrogen (secondary N) is 1. The number of primary amides is 1. The van der Waals surface area contributed by atoms with E-state index in [0.717, 1.165) is 27.7 Å². The van der Waals surface area contributed by atoms with Crippen LogP contribution in [0, 0.1) is 6.92 Å². The van der Waals surface area contributed by atoms with Gasteiger partial charge in [-0.05, 0) is 50.1 Å². The van der Waals surface area contributed by atoms with E-state index >= 15 is 0 Å². The lowest BCUT2D eigenvalue weighted by Gasteiger charge is -2.12. The molecule has 0 radical (unpaired) electrons. The monoisotopic (exact) mass is 378 g/mol. The summed E-state index contributed by atoms with van der Waals surface area (Å²) in [6, 6.07) is 10.4. The Bertz CT molecular complexity index is 1080. The smallest absolute Gasteiger partial charge is 0.250 e. The lowest BCUT2D eigenvalue weighted by Crippen LogP contribution is -2.17. The summed E-state index contributed by atoms with van der Waals surface area (Å²) in [6.45, 7) is 6.18. The van der Waals surface area contributed by atoms with Gasteiger partial charge in [-0.15, -0.1) is 0 Å². The third kappa shape index (κ3) is 3.91. The molecule has 1 aromatic heterocycles. The Morgan fingerprint density at radius 2 is 1.96 bits per heavy atom. The highest BCUT2D eigenvalue weighted by Crippen LogP contribution is 2.33. The van der Waals surface area contributed by atoms with Gasteiger partial charge in [0, 0.05) is 23.1 Å². The summed E-state index contributed by atoms with van der Waals surface area (Å²) in [5.74, 6) is -0.322. The molecule has 6 nitrogen and oxygen atoms in total. The van der Waals surface area contributed by atoms with Gasteiger partial charge in [0.25, 0.3) is 5.91 Å². The van der Waals surface area contributed by atoms with Crippen molar-refractivity contribution in [1.29, 1.82) is 0 Å². The number of furan rings is 1. The number of hydrogen-bond donors (Lipinski definition) is 2. The minimum absolute atomic E-state index is 0.257. The first-order valence-electron chi connectivity index (χ1n) is 8.93. The lowest BCUT2D eigenvalue weighted by atomic mass is 10.0. The maximum Gasteiger partial charge on any atom is 0.250 e. The topological polar surface area (TPSA) is 94.6 Å². The average molecular weight is 378 g/mol. The van der Waals surface area contributed by atoms with E-state index < -0.39 is 5.91 Å². The summed E-state index contributed by atoms with van der Waals surface area (Å²) in [7, 11) is 0. The third-order valence-electron chi connectivity index (χ3n) is 4.39. The fourth-order valence-corrected chi connectivity index (χ4v) is 3.02. The molecule has 0 fully saturated rings. The largest absolute Gasteiger partial charge is 0.493 e. The molecule has 6 heteroatoms. The molecule has 0 bridgehead atoms. The highest BCUT2D eigenvalue weighted by molar-refractivity contribution is 6.08. The zero-order chi connectivity index (χ0) is 20.3. The van der Waals surface area contributed by atoms with Crippen LogP contribution in [-0.4, -0.2) is 18.4 Å². The molecular weight excluding hydrogens is 356 g/mol. The van der Waals surface area contributed by atoms with Gasteiger partial charge in [-0.1, -0.05) is 12.1 Å². The van der Waals surface area contributed by atoms with E-state index in [2.05, 4.69) is 5.32 Å². The van der Waals surface area contributed by atoms with Crippen molar-refractivity contribution in [2.45, 2.75) is 20.8 Å². The van der Waals surface area contributed by atoms with E-state index in [1.54, 1.807) is 30.5 Å². The Balaban J connectivity index is 1.94. The number of carbonyl (C=O) groups is 2. The van der Waals surface area contributed by atoms with Crippen LogP contribution in [0.25, 0.3) is 16.5 Å². The Morgan fingerprint density at radius 1 is 1.21 bits per heavy atom. The van der Waals surface area contributed by atoms with Crippen molar-refractivity contribution in [1.82, 2.24) is 0 Å². The summed E-state index contributed by atoms with van der Waals surface area (Å²) < 4.78 is 11.3. The number of amides is 2. The maximum atomic E-state index is 12.5. The lowest BCUT2D eigenvalue weighted by molar-refractivity contribution is -0.111. The zero-order valence-corrected chi connectivity index (χ0v) is 16.0. The molecule has 0 aliphatic carbocycles. The molecule has 0 saturated carbocycles. The number of hydrogen-bond acceptors (Lipinski definition) is 4. The van der Waals surface area contributed by atoms with Crippen LogP contribution in [0.4, 0.5) is 5.69 Å². The van der Waals surface area contributed by atoms with Gasteiger partial charge in [-0.25, -0.2) is 0 Å². The minimum atomic E-state index is -0.601. The summed E-state index contributed by atoms with van der Waals surface area (Å²) in [5.41, 5.74) is 9.25. The quantitative estimate of drug-likeness (QED) is 0.626. The van der Waals surface area contributed by atoms with Crippen LogP contribution < -0.4 is 15.8 Å². The van der Waals surface area contributed by atoms with Crippen LogP contribution in [0.1, 0.15) is 35.3 Å². The number of nitrogens with two attached hydrogens (primary N) is 1. The van der Waals surface area contributed by atoms with Crippen molar-refractivity contribution in [2.75, 3.05) is 11.9 Å². The Labute approximate surface area is 163 Å². The number of carbonyl (C=O) groups excluding carboxylic acids is 2. The second kappa shape index (κ2) is 8.00. The first-order chi connectivity index (χ1) is 13.4. The van der Waals surface area contributed by atoms with Crippen molar-refractivity contribution in [3.63, 3.8) is 0 Å². The Kier molecular flexibility index (Phi) is 5.49. The standard InChI is InChI=1S/C22H22N2O4/c1-4-27-19-11-20-17(14(3)12-28-20)10-16(19)13(2)9-21(25)24-18-8-6-5-7-15(18)22(23)26/h5-12H,4H2,1-3H3,(H2,23,26)(H,24,25)/b13-9+. The Morgan fingerprint density at radius 3 is 2.68 bits per heavy atom. The molecule has 0 aliphatic rings. The highest BCUT2D eigenvalue weighted by Gasteiger charge is 2.14. The van der Waals surface area contributed by atoms with Gasteiger partial charge in [0.15, 0.2) is 0 Å². The highest BCUT2D eigenvalue weighted by atomic mass is 16.5. The van der Waals surface area contributed by atoms with E-state index in [4.69, 9.17) is 14.9 Å². The second-order valence-electron chi connectivity index (χ2n) is 6.42. The van der Waals surface area contributed by atoms with Gasteiger partial charge < -0.3 is 20.2 Å². The summed E-state index contributed by atoms with van der Waals surface area (Å²) >= 11 is 0. The molecule has 0 unspecified atom stereocenters. The first-order valence-corrected chi connectivity index (χ1v) is 8.93. The van der Waals surface area contributed by atoms with E-state index in [1.165, 1.54) is 6.08 Å². The minimum Gasteiger partial charge on any atom is -0.493 e. The van der Waals surface area contributed by atoms with E-state index in [-0.39, 0.29) is 11.5 Å². The third-order valence-corrected chi connectivity index (χ3v) is 4.39. The fourth-order valence-electron chi connectivity index (χ4n) is 3.02. The number of fused-ring (bicyclic) bond motifs is 1. The SMILES string of the molecule is CCOc1cc2occ(C)c2cc1/C(C)=C/C(=O)Nc1ccccc1C(N)=O. The molecule has 0 aliphatic heterocycles. The van der Waals surface area contributed by atoms with E-state index in [1.807, 2.05) is 32.9 Å². The average Bonchev–Trinajstić information content (AvgIpc) is 3.01. The zero-order valence-electron chi connectivity index (χ0n) is 16.0. The first kappa shape index (κ1) is 19.2. The number of aryl methyl sites for hydroxylation is 1. The van der Waals surface area contributed by atoms with Crippen LogP contribution in [0.3, 0.4) is 0 Å². The van der Waals surface area contributed by atoms with Gasteiger partial charge in [-0.3, -0.25) is 9.59 Å². The number of anilines is 1. The van der Waals surface area contributed by atoms with Crippen LogP contribution in [0.15, 0.2) is 53.2 Å². The summed E-state index contributed by atoms with van der Waals surface area (Å²) in [4.78, 5) is 24.0. The number of ether oxygens (including phenoxy) is 1. The molecule has 0 atom stereocenters. The van der Waals surface area contributed by atoms with Gasteiger partial charge >= 0.3 is 0 Å². The van der Waals surface area contributed by atoms with Gasteiger partial charge in [-0.2, -0.15) is 0 Å². The van der Waals surface area contributed by atoms with Crippen molar-refractivity contribution < 1.29 is 18.7 Å². The number of allylic oxidation sites excluding steroid dienone is 1. The predicted molar refractivity (Wildman–Crippen MR) is 109 cm³/mol. The molecule has 2 aromatic carbocycles. The second-order valence-corrected chi connectivity index (χ2v) is 6.42. The molecule has 28 heavy (non-hydrogen) atoms. The molecule has 3 rings (SSSR count). The van der Waals surface area contributed by atoms with E-state index in [0.29, 0.717) is 18.0 Å². The summed E-state index contributed by atoms with van der Waals surface area (Å²) in [5, 5.41) is 3.68. The number of benzene rings is 2. The molecule has 1 heterocycles. The van der Waals surface area contributed by atoms with Crippen LogP contribution >= 0.6 is 0 Å². The maximum absolute atomic E-state index is 12.5. The van der Waals surface area contributed by atoms with Crippen LogP contribution in [0.2, 0.25) is 0 Å².